The first-order valence-corrected chi connectivity index (χ1v) is 6.97. The minimum absolute atomic E-state index is 0.0262. The lowest BCUT2D eigenvalue weighted by atomic mass is 10.0. The Morgan fingerprint density at radius 1 is 1.27 bits per heavy atom. The third kappa shape index (κ3) is 5.16. The van der Waals surface area contributed by atoms with Crippen LogP contribution < -0.4 is 0 Å². The predicted molar refractivity (Wildman–Crippen MR) is 59.6 cm³/mol. The highest BCUT2D eigenvalue weighted by molar-refractivity contribution is 7.91. The topological polar surface area (TPSA) is 71.4 Å². The van der Waals surface area contributed by atoms with E-state index in [2.05, 4.69) is 0 Å². The Bertz CT molecular complexity index is 293. The molecular weight excluding hydrogens is 216 g/mol. The summed E-state index contributed by atoms with van der Waals surface area (Å²) in [4.78, 5) is 10.8. The summed E-state index contributed by atoms with van der Waals surface area (Å²) in [6.45, 7) is 5.13. The maximum absolute atomic E-state index is 11.5. The van der Waals surface area contributed by atoms with Crippen LogP contribution in [0.15, 0.2) is 0 Å². The summed E-state index contributed by atoms with van der Waals surface area (Å²) < 4.78 is 22.9. The third-order valence-electron chi connectivity index (χ3n) is 2.46. The first-order valence-electron chi connectivity index (χ1n) is 5.25. The molecule has 0 saturated heterocycles. The Hall–Kier alpha value is -0.580. The first-order chi connectivity index (χ1) is 6.81. The van der Waals surface area contributed by atoms with E-state index in [4.69, 9.17) is 5.11 Å². The van der Waals surface area contributed by atoms with Crippen LogP contribution >= 0.6 is 0 Å². The Morgan fingerprint density at radius 3 is 2.13 bits per heavy atom. The first kappa shape index (κ1) is 14.4. The van der Waals surface area contributed by atoms with Crippen LogP contribution in [0.25, 0.3) is 0 Å². The Labute approximate surface area is 91.6 Å². The van der Waals surface area contributed by atoms with Gasteiger partial charge in [-0.05, 0) is 26.7 Å². The average Bonchev–Trinajstić information content (AvgIpc) is 2.11. The molecule has 0 spiro atoms. The Kier molecular flexibility index (Phi) is 5.87. The molecule has 1 unspecified atom stereocenters. The van der Waals surface area contributed by atoms with Gasteiger partial charge in [0.05, 0.1) is 16.9 Å². The van der Waals surface area contributed by atoms with Gasteiger partial charge in [0.15, 0.2) is 9.84 Å². The second-order valence-corrected chi connectivity index (χ2v) is 6.71. The van der Waals surface area contributed by atoms with E-state index in [-0.39, 0.29) is 12.2 Å². The van der Waals surface area contributed by atoms with Gasteiger partial charge in [0.1, 0.15) is 0 Å². The monoisotopic (exact) mass is 236 g/mol. The number of carboxylic acid groups (broad SMARTS) is 1. The molecule has 0 radical (unpaired) electrons. The highest BCUT2D eigenvalue weighted by Crippen LogP contribution is 2.14. The number of sulfone groups is 1. The molecule has 0 bridgehead atoms. The highest BCUT2D eigenvalue weighted by atomic mass is 32.2. The highest BCUT2D eigenvalue weighted by Gasteiger charge is 2.22. The van der Waals surface area contributed by atoms with E-state index in [1.807, 2.05) is 6.92 Å². The molecule has 0 aromatic rings. The van der Waals surface area contributed by atoms with Gasteiger partial charge in [0.25, 0.3) is 0 Å². The van der Waals surface area contributed by atoms with Crippen molar-refractivity contribution >= 4 is 15.8 Å². The molecule has 0 aromatic heterocycles. The summed E-state index contributed by atoms with van der Waals surface area (Å²) >= 11 is 0. The third-order valence-corrected chi connectivity index (χ3v) is 4.70. The van der Waals surface area contributed by atoms with Crippen molar-refractivity contribution in [3.8, 4) is 0 Å². The van der Waals surface area contributed by atoms with Crippen LogP contribution in [0, 0.1) is 5.92 Å². The quantitative estimate of drug-likeness (QED) is 0.730. The standard InChI is InChI=1S/C10H20O4S/c1-4-5-9(10(11)12)6-7-15(13,14)8(2)3/h8-9H,4-7H2,1-3H3,(H,11,12). The van der Waals surface area contributed by atoms with Crippen molar-refractivity contribution in [1.82, 2.24) is 0 Å². The second-order valence-electron chi connectivity index (χ2n) is 4.03. The van der Waals surface area contributed by atoms with Crippen molar-refractivity contribution in [2.75, 3.05) is 5.75 Å². The number of carbonyl (C=O) groups is 1. The lowest BCUT2D eigenvalue weighted by molar-refractivity contribution is -0.142. The van der Waals surface area contributed by atoms with Crippen molar-refractivity contribution in [2.24, 2.45) is 5.92 Å². The van der Waals surface area contributed by atoms with Gasteiger partial charge < -0.3 is 5.11 Å². The zero-order chi connectivity index (χ0) is 12.1. The smallest absolute Gasteiger partial charge is 0.306 e. The van der Waals surface area contributed by atoms with Crippen molar-refractivity contribution in [1.29, 1.82) is 0 Å². The van der Waals surface area contributed by atoms with Gasteiger partial charge >= 0.3 is 5.97 Å². The molecule has 0 aliphatic rings. The van der Waals surface area contributed by atoms with E-state index in [9.17, 15) is 13.2 Å². The summed E-state index contributed by atoms with van der Waals surface area (Å²) in [6, 6.07) is 0. The zero-order valence-corrected chi connectivity index (χ0v) is 10.4. The number of aliphatic carboxylic acids is 1. The number of carboxylic acids is 1. The Balaban J connectivity index is 4.28. The van der Waals surface area contributed by atoms with E-state index in [1.54, 1.807) is 13.8 Å². The van der Waals surface area contributed by atoms with E-state index >= 15 is 0 Å². The van der Waals surface area contributed by atoms with Crippen LogP contribution in [0.5, 0.6) is 0 Å². The zero-order valence-electron chi connectivity index (χ0n) is 9.56. The largest absolute Gasteiger partial charge is 0.481 e. The number of hydrogen-bond acceptors (Lipinski definition) is 3. The average molecular weight is 236 g/mol. The maximum atomic E-state index is 11.5. The molecule has 0 rings (SSSR count). The van der Waals surface area contributed by atoms with Crippen LogP contribution in [0.1, 0.15) is 40.0 Å². The van der Waals surface area contributed by atoms with E-state index in [0.717, 1.165) is 6.42 Å². The maximum Gasteiger partial charge on any atom is 0.306 e. The van der Waals surface area contributed by atoms with Crippen molar-refractivity contribution in [2.45, 2.75) is 45.3 Å². The predicted octanol–water partition coefficient (Wildman–Crippen LogP) is 1.70. The van der Waals surface area contributed by atoms with Crippen molar-refractivity contribution in [3.05, 3.63) is 0 Å². The van der Waals surface area contributed by atoms with Crippen LogP contribution in [0.2, 0.25) is 0 Å². The van der Waals surface area contributed by atoms with Gasteiger partial charge in [-0.25, -0.2) is 8.42 Å². The van der Waals surface area contributed by atoms with Crippen LogP contribution in [-0.2, 0) is 14.6 Å². The summed E-state index contributed by atoms with van der Waals surface area (Å²) in [7, 11) is -3.11. The van der Waals surface area contributed by atoms with Crippen LogP contribution in [-0.4, -0.2) is 30.5 Å². The molecule has 1 atom stereocenters. The van der Waals surface area contributed by atoms with Gasteiger partial charge in [0.2, 0.25) is 0 Å². The molecule has 0 fully saturated rings. The van der Waals surface area contributed by atoms with E-state index in [1.165, 1.54) is 0 Å². The van der Waals surface area contributed by atoms with E-state index < -0.39 is 27.0 Å². The lowest BCUT2D eigenvalue weighted by Crippen LogP contribution is -2.22. The molecule has 1 N–H and O–H groups in total. The number of rotatable bonds is 7. The molecule has 15 heavy (non-hydrogen) atoms. The molecule has 0 aliphatic carbocycles. The molecule has 0 aliphatic heterocycles. The van der Waals surface area contributed by atoms with Gasteiger partial charge in [0, 0.05) is 0 Å². The van der Waals surface area contributed by atoms with Crippen molar-refractivity contribution < 1.29 is 18.3 Å². The normalized spacial score (nSPS) is 14.1. The van der Waals surface area contributed by atoms with Gasteiger partial charge in [-0.15, -0.1) is 0 Å². The minimum atomic E-state index is -3.11. The molecule has 0 aromatic carbocycles. The summed E-state index contributed by atoms with van der Waals surface area (Å²) in [6.07, 6.45) is 1.53. The van der Waals surface area contributed by atoms with Crippen molar-refractivity contribution in [3.63, 3.8) is 0 Å². The van der Waals surface area contributed by atoms with Crippen LogP contribution in [0.4, 0.5) is 0 Å². The van der Waals surface area contributed by atoms with Gasteiger partial charge in [-0.1, -0.05) is 13.3 Å². The van der Waals surface area contributed by atoms with Gasteiger partial charge in [-0.2, -0.15) is 0 Å². The summed E-state index contributed by atoms with van der Waals surface area (Å²) in [5, 5.41) is 8.42. The molecule has 0 amide bonds. The van der Waals surface area contributed by atoms with E-state index in [0.29, 0.717) is 6.42 Å². The molecule has 5 heteroatoms. The fourth-order valence-electron chi connectivity index (χ4n) is 1.28. The fourth-order valence-corrected chi connectivity index (χ4v) is 2.37. The molecule has 90 valence electrons. The van der Waals surface area contributed by atoms with Gasteiger partial charge in [-0.3, -0.25) is 4.79 Å². The fraction of sp³-hybridized carbons (Fsp3) is 0.900. The molecule has 4 nitrogen and oxygen atoms in total. The number of hydrogen-bond donors (Lipinski definition) is 1. The molecule has 0 heterocycles. The summed E-state index contributed by atoms with van der Waals surface area (Å²) in [5.41, 5.74) is 0. The molecule has 0 saturated carbocycles. The molecular formula is C10H20O4S. The summed E-state index contributed by atoms with van der Waals surface area (Å²) in [5.74, 6) is -1.44. The second kappa shape index (κ2) is 6.10. The minimum Gasteiger partial charge on any atom is -0.481 e. The Morgan fingerprint density at radius 2 is 1.80 bits per heavy atom. The lowest BCUT2D eigenvalue weighted by Gasteiger charge is -2.12. The SMILES string of the molecule is CCCC(CCS(=O)(=O)C(C)C)C(=O)O. The van der Waals surface area contributed by atoms with Crippen LogP contribution in [0.3, 0.4) is 0 Å².